The average molecular weight is 292 g/mol. The summed E-state index contributed by atoms with van der Waals surface area (Å²) in [6, 6.07) is 7.89. The number of nitrogens with one attached hydrogen (secondary N) is 2. The van der Waals surface area contributed by atoms with Crippen LogP contribution in [-0.4, -0.2) is 22.9 Å². The smallest absolute Gasteiger partial charge is 0.249 e. The van der Waals surface area contributed by atoms with Crippen molar-refractivity contribution < 1.29 is 13.6 Å². The van der Waals surface area contributed by atoms with Crippen molar-refractivity contribution in [3.05, 3.63) is 36.0 Å². The normalized spacial score (nSPS) is 19.2. The van der Waals surface area contributed by atoms with Crippen LogP contribution in [0.3, 0.4) is 0 Å². The van der Waals surface area contributed by atoms with Gasteiger partial charge < -0.3 is 10.3 Å². The lowest BCUT2D eigenvalue weighted by Crippen LogP contribution is -2.47. The summed E-state index contributed by atoms with van der Waals surface area (Å²) >= 11 is 0. The van der Waals surface area contributed by atoms with Crippen molar-refractivity contribution in [1.82, 2.24) is 10.3 Å². The van der Waals surface area contributed by atoms with Gasteiger partial charge in [0, 0.05) is 41.9 Å². The molecule has 1 aliphatic carbocycles. The number of hydrogen-bond donors (Lipinski definition) is 2. The minimum atomic E-state index is -2.65. The molecule has 2 N–H and O–H groups in total. The predicted molar refractivity (Wildman–Crippen MR) is 77.3 cm³/mol. The van der Waals surface area contributed by atoms with E-state index in [1.807, 2.05) is 37.4 Å². The molecule has 1 heterocycles. The second-order valence-corrected chi connectivity index (χ2v) is 5.93. The van der Waals surface area contributed by atoms with Gasteiger partial charge in [-0.1, -0.05) is 18.2 Å². The first-order chi connectivity index (χ1) is 9.94. The molecule has 1 saturated carbocycles. The molecular formula is C16H18F2N2O. The van der Waals surface area contributed by atoms with Gasteiger partial charge in [-0.3, -0.25) is 4.79 Å². The number of aromatic nitrogens is 1. The number of halogens is 2. The number of H-pyrrole nitrogens is 1. The highest BCUT2D eigenvalue weighted by Crippen LogP contribution is 2.42. The molecule has 0 radical (unpaired) electrons. The zero-order chi connectivity index (χ0) is 15.0. The van der Waals surface area contributed by atoms with Gasteiger partial charge in [-0.2, -0.15) is 0 Å². The second kappa shape index (κ2) is 5.13. The molecule has 1 aromatic carbocycles. The first-order valence-electron chi connectivity index (χ1n) is 7.18. The second-order valence-electron chi connectivity index (χ2n) is 5.93. The van der Waals surface area contributed by atoms with Crippen molar-refractivity contribution >= 4 is 16.8 Å². The lowest BCUT2D eigenvalue weighted by atomic mass is 9.80. The molecule has 1 fully saturated rings. The molecule has 3 rings (SSSR count). The van der Waals surface area contributed by atoms with E-state index in [9.17, 15) is 13.6 Å². The molecule has 2 aromatic rings. The Morgan fingerprint density at radius 3 is 2.86 bits per heavy atom. The summed E-state index contributed by atoms with van der Waals surface area (Å²) in [6.07, 6.45) is 1.97. The largest absolute Gasteiger partial charge is 0.361 e. The summed E-state index contributed by atoms with van der Waals surface area (Å²) in [5.41, 5.74) is 2.18. The maximum absolute atomic E-state index is 12.8. The molecule has 3 nitrogen and oxygen atoms in total. The molecule has 1 aromatic heterocycles. The predicted octanol–water partition coefficient (Wildman–Crippen LogP) is 3.26. The highest BCUT2D eigenvalue weighted by atomic mass is 19.3. The highest BCUT2D eigenvalue weighted by molar-refractivity contribution is 5.83. The van der Waals surface area contributed by atoms with Crippen molar-refractivity contribution in [2.24, 2.45) is 5.92 Å². The Hall–Kier alpha value is -1.91. The Kier molecular flexibility index (Phi) is 3.43. The molecular weight excluding hydrogens is 274 g/mol. The molecule has 21 heavy (non-hydrogen) atoms. The highest BCUT2D eigenvalue weighted by Gasteiger charge is 2.48. The van der Waals surface area contributed by atoms with Crippen molar-refractivity contribution in [2.75, 3.05) is 0 Å². The van der Waals surface area contributed by atoms with Gasteiger partial charge in [-0.05, 0) is 25.0 Å². The van der Waals surface area contributed by atoms with Gasteiger partial charge >= 0.3 is 0 Å². The Morgan fingerprint density at radius 1 is 1.43 bits per heavy atom. The topological polar surface area (TPSA) is 44.9 Å². The van der Waals surface area contributed by atoms with Crippen molar-refractivity contribution in [3.8, 4) is 0 Å². The van der Waals surface area contributed by atoms with Crippen LogP contribution in [0, 0.1) is 5.92 Å². The van der Waals surface area contributed by atoms with Gasteiger partial charge in [0.25, 0.3) is 0 Å². The molecule has 112 valence electrons. The number of amides is 1. The van der Waals surface area contributed by atoms with Crippen LogP contribution in [0.25, 0.3) is 10.9 Å². The third kappa shape index (κ3) is 2.91. The number of para-hydroxylation sites is 1. The fourth-order valence-corrected chi connectivity index (χ4v) is 2.89. The standard InChI is InChI=1S/C16H18F2N2O/c1-10(20-15(21)12-7-16(17,18)8-12)6-11-9-19-14-5-3-2-4-13(11)14/h2-5,9-10,12,19H,6-8H2,1H3,(H,20,21)/t10-/m1/s1. The zero-order valence-corrected chi connectivity index (χ0v) is 11.8. The Balaban J connectivity index is 1.59. The van der Waals surface area contributed by atoms with E-state index >= 15 is 0 Å². The van der Waals surface area contributed by atoms with Crippen LogP contribution in [0.4, 0.5) is 8.78 Å². The minimum absolute atomic E-state index is 0.0778. The van der Waals surface area contributed by atoms with Crippen molar-refractivity contribution in [2.45, 2.75) is 38.2 Å². The number of carbonyl (C=O) groups excluding carboxylic acids is 1. The summed E-state index contributed by atoms with van der Waals surface area (Å²) < 4.78 is 25.6. The van der Waals surface area contributed by atoms with E-state index in [2.05, 4.69) is 10.3 Å². The molecule has 1 amide bonds. The molecule has 1 aliphatic rings. The SMILES string of the molecule is C[C@H](Cc1c[nH]c2ccccc12)NC(=O)C1CC(F)(F)C1. The summed E-state index contributed by atoms with van der Waals surface area (Å²) in [6.45, 7) is 1.90. The number of hydrogen-bond acceptors (Lipinski definition) is 1. The molecule has 0 unspecified atom stereocenters. The lowest BCUT2D eigenvalue weighted by molar-refractivity contribution is -0.150. The van der Waals surface area contributed by atoms with Crippen LogP contribution in [0.15, 0.2) is 30.5 Å². The van der Waals surface area contributed by atoms with Crippen molar-refractivity contribution in [1.29, 1.82) is 0 Å². The summed E-state index contributed by atoms with van der Waals surface area (Å²) in [7, 11) is 0. The fraction of sp³-hybridized carbons (Fsp3) is 0.438. The van der Waals surface area contributed by atoms with Crippen LogP contribution in [-0.2, 0) is 11.2 Å². The van der Waals surface area contributed by atoms with E-state index in [-0.39, 0.29) is 24.8 Å². The number of benzene rings is 1. The van der Waals surface area contributed by atoms with Gasteiger partial charge in [-0.15, -0.1) is 0 Å². The quantitative estimate of drug-likeness (QED) is 0.892. The number of aromatic amines is 1. The number of fused-ring (bicyclic) bond motifs is 1. The average Bonchev–Trinajstić information content (AvgIpc) is 2.79. The van der Waals surface area contributed by atoms with Gasteiger partial charge in [0.2, 0.25) is 11.8 Å². The van der Waals surface area contributed by atoms with E-state index < -0.39 is 11.8 Å². The molecule has 0 bridgehead atoms. The van der Waals surface area contributed by atoms with Crippen LogP contribution in [0.2, 0.25) is 0 Å². The van der Waals surface area contributed by atoms with E-state index in [0.717, 1.165) is 16.5 Å². The van der Waals surface area contributed by atoms with E-state index in [1.165, 1.54) is 0 Å². The lowest BCUT2D eigenvalue weighted by Gasteiger charge is -2.34. The molecule has 1 atom stereocenters. The molecule has 0 saturated heterocycles. The van der Waals surface area contributed by atoms with Crippen LogP contribution in [0.1, 0.15) is 25.3 Å². The van der Waals surface area contributed by atoms with E-state index in [0.29, 0.717) is 6.42 Å². The summed E-state index contributed by atoms with van der Waals surface area (Å²) in [5, 5.41) is 3.97. The Labute approximate surface area is 121 Å². The van der Waals surface area contributed by atoms with Gasteiger partial charge in [0.05, 0.1) is 0 Å². The summed E-state index contributed by atoms with van der Waals surface area (Å²) in [4.78, 5) is 15.1. The van der Waals surface area contributed by atoms with Crippen LogP contribution in [0.5, 0.6) is 0 Å². The first kappa shape index (κ1) is 14.0. The first-order valence-corrected chi connectivity index (χ1v) is 7.18. The van der Waals surface area contributed by atoms with Crippen LogP contribution >= 0.6 is 0 Å². The molecule has 0 spiro atoms. The maximum atomic E-state index is 12.8. The maximum Gasteiger partial charge on any atom is 0.249 e. The summed E-state index contributed by atoms with van der Waals surface area (Å²) in [5.74, 6) is -3.44. The Morgan fingerprint density at radius 2 is 2.14 bits per heavy atom. The molecule has 5 heteroatoms. The van der Waals surface area contributed by atoms with Gasteiger partial charge in [-0.25, -0.2) is 8.78 Å². The van der Waals surface area contributed by atoms with Crippen molar-refractivity contribution in [3.63, 3.8) is 0 Å². The van der Waals surface area contributed by atoms with Gasteiger partial charge in [0.1, 0.15) is 0 Å². The minimum Gasteiger partial charge on any atom is -0.361 e. The third-order valence-electron chi connectivity index (χ3n) is 4.05. The molecule has 0 aliphatic heterocycles. The van der Waals surface area contributed by atoms with Crippen LogP contribution < -0.4 is 5.32 Å². The van der Waals surface area contributed by atoms with E-state index in [1.54, 1.807) is 0 Å². The number of carbonyl (C=O) groups is 1. The fourth-order valence-electron chi connectivity index (χ4n) is 2.89. The third-order valence-corrected chi connectivity index (χ3v) is 4.05. The number of alkyl halides is 2. The van der Waals surface area contributed by atoms with E-state index in [4.69, 9.17) is 0 Å². The Bertz CT molecular complexity index is 657. The zero-order valence-electron chi connectivity index (χ0n) is 11.8. The monoisotopic (exact) mass is 292 g/mol. The van der Waals surface area contributed by atoms with Gasteiger partial charge in [0.15, 0.2) is 0 Å². The number of rotatable bonds is 4.